The number of methoxy groups -OCH3 is 1. The largest absolute Gasteiger partial charge is 0.507 e. The number of carboxylic acids is 1. The smallest absolute Gasteiger partial charge is 0.339 e. The van der Waals surface area contributed by atoms with E-state index in [0.717, 1.165) is 17.0 Å². The lowest BCUT2D eigenvalue weighted by Gasteiger charge is -2.25. The first-order valence-corrected chi connectivity index (χ1v) is 9.55. The quantitative estimate of drug-likeness (QED) is 0.558. The summed E-state index contributed by atoms with van der Waals surface area (Å²) in [6.07, 6.45) is 1.80. The van der Waals surface area contributed by atoms with E-state index in [-0.39, 0.29) is 23.3 Å². The Kier molecular flexibility index (Phi) is 5.32. The van der Waals surface area contributed by atoms with Crippen molar-refractivity contribution in [3.8, 4) is 11.5 Å². The van der Waals surface area contributed by atoms with E-state index in [1.54, 1.807) is 18.1 Å². The van der Waals surface area contributed by atoms with E-state index in [4.69, 9.17) is 9.84 Å². The summed E-state index contributed by atoms with van der Waals surface area (Å²) in [6.45, 7) is 0. The fraction of sp³-hybridized carbons (Fsp3) is 0.0833. The molecule has 0 fully saturated rings. The van der Waals surface area contributed by atoms with E-state index in [1.807, 2.05) is 54.6 Å². The molecule has 1 heterocycles. The number of amides is 1. The van der Waals surface area contributed by atoms with Gasteiger partial charge >= 0.3 is 5.97 Å². The Morgan fingerprint density at radius 1 is 1.03 bits per heavy atom. The van der Waals surface area contributed by atoms with E-state index in [1.165, 1.54) is 18.2 Å². The molecule has 7 heteroatoms. The molecule has 0 radical (unpaired) electrons. The van der Waals surface area contributed by atoms with Gasteiger partial charge in [-0.3, -0.25) is 9.69 Å². The van der Waals surface area contributed by atoms with E-state index in [0.29, 0.717) is 11.4 Å². The fourth-order valence-electron chi connectivity index (χ4n) is 3.51. The molecule has 1 aliphatic heterocycles. The second-order valence-electron chi connectivity index (χ2n) is 6.97. The first kappa shape index (κ1) is 20.0. The van der Waals surface area contributed by atoms with Crippen molar-refractivity contribution in [2.75, 3.05) is 17.3 Å². The number of para-hydroxylation sites is 1. The summed E-state index contributed by atoms with van der Waals surface area (Å²) < 4.78 is 5.23. The highest BCUT2D eigenvalue weighted by Crippen LogP contribution is 2.37. The molecule has 3 N–H and O–H groups in total. The third-order valence-corrected chi connectivity index (χ3v) is 5.05. The van der Waals surface area contributed by atoms with Crippen molar-refractivity contribution < 1.29 is 24.5 Å². The number of ether oxygens (including phenoxy) is 1. The minimum absolute atomic E-state index is 0.209. The molecule has 0 aromatic heterocycles. The van der Waals surface area contributed by atoms with Crippen molar-refractivity contribution in [2.24, 2.45) is 0 Å². The van der Waals surface area contributed by atoms with Gasteiger partial charge < -0.3 is 20.3 Å². The van der Waals surface area contributed by atoms with Gasteiger partial charge in [0.25, 0.3) is 5.91 Å². The van der Waals surface area contributed by atoms with Crippen LogP contribution in [0.2, 0.25) is 0 Å². The third kappa shape index (κ3) is 3.93. The lowest BCUT2D eigenvalue weighted by Crippen LogP contribution is -2.30. The van der Waals surface area contributed by atoms with E-state index < -0.39 is 5.97 Å². The summed E-state index contributed by atoms with van der Waals surface area (Å²) >= 11 is 0. The zero-order valence-electron chi connectivity index (χ0n) is 16.6. The lowest BCUT2D eigenvalue weighted by molar-refractivity contribution is -0.114. The number of hydrogen-bond donors (Lipinski definition) is 3. The summed E-state index contributed by atoms with van der Waals surface area (Å²) in [7, 11) is 1.59. The Morgan fingerprint density at radius 2 is 1.74 bits per heavy atom. The van der Waals surface area contributed by atoms with Gasteiger partial charge in [0.15, 0.2) is 0 Å². The minimum atomic E-state index is -1.23. The van der Waals surface area contributed by atoms with Crippen LogP contribution in [0.4, 0.5) is 11.4 Å². The van der Waals surface area contributed by atoms with Gasteiger partial charge in [-0.2, -0.15) is 0 Å². The first-order chi connectivity index (χ1) is 15.0. The summed E-state index contributed by atoms with van der Waals surface area (Å²) in [5, 5.41) is 22.1. The highest BCUT2D eigenvalue weighted by Gasteiger charge is 2.34. The second kappa shape index (κ2) is 8.23. The predicted molar refractivity (Wildman–Crippen MR) is 116 cm³/mol. The number of rotatable bonds is 6. The van der Waals surface area contributed by atoms with Crippen molar-refractivity contribution in [3.63, 3.8) is 0 Å². The monoisotopic (exact) mass is 416 g/mol. The molecule has 0 saturated heterocycles. The molecular weight excluding hydrogens is 396 g/mol. The zero-order chi connectivity index (χ0) is 22.0. The molecule has 0 aliphatic carbocycles. The van der Waals surface area contributed by atoms with Gasteiger partial charge in [0.05, 0.1) is 13.2 Å². The number of aromatic hydroxyl groups is 1. The molecule has 0 spiro atoms. The highest BCUT2D eigenvalue weighted by molar-refractivity contribution is 6.11. The van der Waals surface area contributed by atoms with Crippen LogP contribution in [0, 0.1) is 0 Å². The van der Waals surface area contributed by atoms with Crippen LogP contribution in [0.15, 0.2) is 84.6 Å². The number of benzene rings is 3. The van der Waals surface area contributed by atoms with Crippen LogP contribution in [0.1, 0.15) is 22.0 Å². The molecule has 0 saturated carbocycles. The van der Waals surface area contributed by atoms with Gasteiger partial charge in [-0.25, -0.2) is 4.79 Å². The van der Waals surface area contributed by atoms with Gasteiger partial charge in [0.2, 0.25) is 0 Å². The molecular formula is C24H20N2O5. The van der Waals surface area contributed by atoms with Crippen molar-refractivity contribution in [1.82, 2.24) is 0 Å². The molecule has 1 aliphatic rings. The Hall–Kier alpha value is -4.26. The minimum Gasteiger partial charge on any atom is -0.507 e. The van der Waals surface area contributed by atoms with Gasteiger partial charge in [0, 0.05) is 17.4 Å². The third-order valence-electron chi connectivity index (χ3n) is 5.05. The van der Waals surface area contributed by atoms with Crippen LogP contribution >= 0.6 is 0 Å². The maximum atomic E-state index is 13.3. The average molecular weight is 416 g/mol. The van der Waals surface area contributed by atoms with E-state index >= 15 is 0 Å². The molecule has 1 amide bonds. The summed E-state index contributed by atoms with van der Waals surface area (Å²) in [5.74, 6) is -1.13. The predicted octanol–water partition coefficient (Wildman–Crippen LogP) is 4.18. The number of carboxylic acid groups (broad SMARTS) is 1. The Bertz CT molecular complexity index is 1160. The van der Waals surface area contributed by atoms with E-state index in [9.17, 15) is 14.7 Å². The van der Waals surface area contributed by atoms with Gasteiger partial charge in [-0.05, 0) is 48.0 Å². The van der Waals surface area contributed by atoms with Gasteiger partial charge in [-0.15, -0.1) is 0 Å². The topological polar surface area (TPSA) is 99.1 Å². The SMILES string of the molecule is COc1ccc(C2C=C(Nc3ccc(C(=O)O)c(O)c3)C(=O)N2c2ccccc2)cc1. The molecule has 3 aromatic carbocycles. The lowest BCUT2D eigenvalue weighted by atomic mass is 10.1. The molecule has 0 bridgehead atoms. The summed E-state index contributed by atoms with van der Waals surface area (Å²) in [6, 6.07) is 20.5. The number of nitrogens with zero attached hydrogens (tertiary/aromatic N) is 1. The van der Waals surface area contributed by atoms with Crippen LogP contribution in [-0.2, 0) is 4.79 Å². The number of hydrogen-bond acceptors (Lipinski definition) is 5. The number of aromatic carboxylic acids is 1. The fourth-order valence-corrected chi connectivity index (χ4v) is 3.51. The van der Waals surface area contributed by atoms with Crippen molar-refractivity contribution >= 4 is 23.3 Å². The van der Waals surface area contributed by atoms with Crippen LogP contribution < -0.4 is 15.0 Å². The molecule has 7 nitrogen and oxygen atoms in total. The molecule has 31 heavy (non-hydrogen) atoms. The zero-order valence-corrected chi connectivity index (χ0v) is 16.6. The maximum absolute atomic E-state index is 13.3. The van der Waals surface area contributed by atoms with E-state index in [2.05, 4.69) is 5.32 Å². The number of carbonyl (C=O) groups is 2. The maximum Gasteiger partial charge on any atom is 0.339 e. The van der Waals surface area contributed by atoms with Crippen molar-refractivity contribution in [1.29, 1.82) is 0 Å². The molecule has 1 unspecified atom stereocenters. The average Bonchev–Trinajstić information content (AvgIpc) is 3.10. The Morgan fingerprint density at radius 3 is 2.35 bits per heavy atom. The molecule has 3 aromatic rings. The highest BCUT2D eigenvalue weighted by atomic mass is 16.5. The standard InChI is InChI=1S/C24H20N2O5/c1-31-18-10-7-15(8-11-18)21-14-20(23(28)26(21)17-5-3-2-4-6-17)25-16-9-12-19(24(29)30)22(27)13-16/h2-14,21,25,27H,1H3,(H,29,30). The normalized spacial score (nSPS) is 15.5. The van der Waals surface area contributed by atoms with Crippen molar-refractivity contribution in [3.05, 3.63) is 95.7 Å². The van der Waals surface area contributed by atoms with Crippen LogP contribution in [0.3, 0.4) is 0 Å². The number of nitrogens with one attached hydrogen (secondary N) is 1. The molecule has 156 valence electrons. The number of phenols is 1. The number of carbonyl (C=O) groups excluding carboxylic acids is 1. The Labute approximate surface area is 178 Å². The van der Waals surface area contributed by atoms with Crippen molar-refractivity contribution in [2.45, 2.75) is 6.04 Å². The number of anilines is 2. The molecule has 1 atom stereocenters. The van der Waals surface area contributed by atoms with Crippen LogP contribution in [0.5, 0.6) is 11.5 Å². The first-order valence-electron chi connectivity index (χ1n) is 9.55. The summed E-state index contributed by atoms with van der Waals surface area (Å²) in [4.78, 5) is 26.1. The Balaban J connectivity index is 1.69. The second-order valence-corrected chi connectivity index (χ2v) is 6.97. The van der Waals surface area contributed by atoms with Gasteiger partial charge in [-0.1, -0.05) is 30.3 Å². The summed E-state index contributed by atoms with van der Waals surface area (Å²) in [5.41, 5.74) is 2.17. The van der Waals surface area contributed by atoms with Gasteiger partial charge in [0.1, 0.15) is 22.8 Å². The molecule has 4 rings (SSSR count). The van der Waals surface area contributed by atoms with Crippen LogP contribution in [-0.4, -0.2) is 29.2 Å². The van der Waals surface area contributed by atoms with Crippen LogP contribution in [0.25, 0.3) is 0 Å².